The molecule has 4 heteroatoms. The van der Waals surface area contributed by atoms with E-state index >= 15 is 0 Å². The Morgan fingerprint density at radius 1 is 1.16 bits per heavy atom. The predicted octanol–water partition coefficient (Wildman–Crippen LogP) is 2.00. The fourth-order valence-electron chi connectivity index (χ4n) is 4.21. The van der Waals surface area contributed by atoms with Gasteiger partial charge in [0.1, 0.15) is 6.17 Å². The summed E-state index contributed by atoms with van der Waals surface area (Å²) in [6.45, 7) is 0.740. The number of carbonyl (C=O) groups excluding carboxylic acids is 1. The van der Waals surface area contributed by atoms with Crippen LogP contribution in [0.2, 0.25) is 0 Å². The zero-order valence-corrected chi connectivity index (χ0v) is 11.5. The number of fused-ring (bicyclic) bond motifs is 1. The predicted molar refractivity (Wildman–Crippen MR) is 72.2 cm³/mol. The van der Waals surface area contributed by atoms with Crippen molar-refractivity contribution >= 4 is 5.91 Å². The number of halogens is 1. The van der Waals surface area contributed by atoms with E-state index in [0.717, 1.165) is 38.6 Å². The second-order valence-corrected chi connectivity index (χ2v) is 6.85. The van der Waals surface area contributed by atoms with Crippen LogP contribution in [0.5, 0.6) is 0 Å². The number of nitrogens with two attached hydrogens (primary N) is 1. The van der Waals surface area contributed by atoms with Gasteiger partial charge in [0.05, 0.1) is 0 Å². The second-order valence-electron chi connectivity index (χ2n) is 6.85. The Hall–Kier alpha value is -0.640. The van der Waals surface area contributed by atoms with E-state index in [1.54, 1.807) is 0 Å². The van der Waals surface area contributed by atoms with Gasteiger partial charge in [-0.05, 0) is 62.7 Å². The molecule has 3 aliphatic carbocycles. The lowest BCUT2D eigenvalue weighted by molar-refractivity contribution is -0.125. The maximum Gasteiger partial charge on any atom is 0.223 e. The summed E-state index contributed by atoms with van der Waals surface area (Å²) >= 11 is 0. The van der Waals surface area contributed by atoms with Gasteiger partial charge in [-0.25, -0.2) is 4.39 Å². The Labute approximate surface area is 114 Å². The third-order valence-corrected chi connectivity index (χ3v) is 5.59. The van der Waals surface area contributed by atoms with Crippen molar-refractivity contribution in [3.63, 3.8) is 0 Å². The molecule has 1 amide bonds. The van der Waals surface area contributed by atoms with Crippen LogP contribution in [0.4, 0.5) is 4.39 Å². The van der Waals surface area contributed by atoms with Crippen LogP contribution in [-0.2, 0) is 4.79 Å². The van der Waals surface area contributed by atoms with Gasteiger partial charge in [0.25, 0.3) is 0 Å². The Balaban J connectivity index is 1.40. The molecule has 4 unspecified atom stereocenters. The van der Waals surface area contributed by atoms with Crippen molar-refractivity contribution in [2.24, 2.45) is 29.4 Å². The zero-order chi connectivity index (χ0) is 13.4. The number of carbonyl (C=O) groups is 1. The van der Waals surface area contributed by atoms with E-state index in [2.05, 4.69) is 5.32 Å². The Kier molecular flexibility index (Phi) is 3.79. The lowest BCUT2D eigenvalue weighted by Crippen LogP contribution is -2.44. The van der Waals surface area contributed by atoms with Gasteiger partial charge >= 0.3 is 0 Å². The van der Waals surface area contributed by atoms with E-state index < -0.39 is 6.17 Å². The SMILES string of the molecule is NC1CC2CC(C(=O)NCC3CCC(F)CC3)CC12. The molecule has 0 heterocycles. The normalized spacial score (nSPS) is 45.4. The molecule has 0 saturated heterocycles. The number of amides is 1. The van der Waals surface area contributed by atoms with Crippen molar-refractivity contribution in [2.75, 3.05) is 6.54 Å². The quantitative estimate of drug-likeness (QED) is 0.822. The van der Waals surface area contributed by atoms with E-state index in [1.165, 1.54) is 0 Å². The first kappa shape index (κ1) is 13.3. The summed E-state index contributed by atoms with van der Waals surface area (Å²) in [6.07, 6.45) is 5.68. The van der Waals surface area contributed by atoms with Gasteiger partial charge in [0, 0.05) is 18.5 Å². The third kappa shape index (κ3) is 2.78. The summed E-state index contributed by atoms with van der Waals surface area (Å²) in [5.41, 5.74) is 5.96. The molecule has 108 valence electrons. The van der Waals surface area contributed by atoms with Gasteiger partial charge in [0.15, 0.2) is 0 Å². The molecule has 0 spiro atoms. The van der Waals surface area contributed by atoms with E-state index in [-0.39, 0.29) is 11.8 Å². The average Bonchev–Trinajstić information content (AvgIpc) is 2.75. The highest BCUT2D eigenvalue weighted by atomic mass is 19.1. The number of rotatable bonds is 3. The van der Waals surface area contributed by atoms with Crippen molar-refractivity contribution in [3.8, 4) is 0 Å². The van der Waals surface area contributed by atoms with Crippen molar-refractivity contribution in [1.82, 2.24) is 5.32 Å². The smallest absolute Gasteiger partial charge is 0.223 e. The van der Waals surface area contributed by atoms with Crippen LogP contribution in [0.15, 0.2) is 0 Å². The van der Waals surface area contributed by atoms with E-state index in [4.69, 9.17) is 5.73 Å². The molecule has 4 atom stereocenters. The van der Waals surface area contributed by atoms with Gasteiger partial charge in [-0.15, -0.1) is 0 Å². The summed E-state index contributed by atoms with van der Waals surface area (Å²) in [5, 5.41) is 3.09. The van der Waals surface area contributed by atoms with E-state index in [1.807, 2.05) is 0 Å². The van der Waals surface area contributed by atoms with Crippen molar-refractivity contribution in [1.29, 1.82) is 0 Å². The zero-order valence-electron chi connectivity index (χ0n) is 11.5. The third-order valence-electron chi connectivity index (χ3n) is 5.59. The fourth-order valence-corrected chi connectivity index (χ4v) is 4.21. The number of alkyl halides is 1. The molecular weight excluding hydrogens is 243 g/mol. The minimum Gasteiger partial charge on any atom is -0.356 e. The van der Waals surface area contributed by atoms with Crippen LogP contribution in [0.1, 0.15) is 44.9 Å². The van der Waals surface area contributed by atoms with Crippen LogP contribution in [0.3, 0.4) is 0 Å². The number of hydrogen-bond acceptors (Lipinski definition) is 2. The summed E-state index contributed by atoms with van der Waals surface area (Å²) in [6, 6.07) is 0.336. The van der Waals surface area contributed by atoms with Crippen LogP contribution < -0.4 is 11.1 Å². The summed E-state index contributed by atoms with van der Waals surface area (Å²) in [5.74, 6) is 2.17. The highest BCUT2D eigenvalue weighted by Crippen LogP contribution is 2.48. The molecule has 0 bridgehead atoms. The first-order valence-electron chi connectivity index (χ1n) is 7.81. The van der Waals surface area contributed by atoms with Crippen molar-refractivity contribution in [3.05, 3.63) is 0 Å². The summed E-state index contributed by atoms with van der Waals surface area (Å²) < 4.78 is 13.0. The molecule has 3 rings (SSSR count). The topological polar surface area (TPSA) is 55.1 Å². The summed E-state index contributed by atoms with van der Waals surface area (Å²) in [7, 11) is 0. The van der Waals surface area contributed by atoms with Gasteiger partial charge < -0.3 is 11.1 Å². The molecule has 19 heavy (non-hydrogen) atoms. The molecule has 0 aromatic carbocycles. The molecule has 0 aromatic heterocycles. The van der Waals surface area contributed by atoms with Crippen LogP contribution in [-0.4, -0.2) is 24.7 Å². The number of nitrogens with one attached hydrogen (secondary N) is 1. The van der Waals surface area contributed by atoms with Gasteiger partial charge in [-0.1, -0.05) is 0 Å². The van der Waals surface area contributed by atoms with Crippen LogP contribution in [0, 0.1) is 23.7 Å². The molecule has 3 fully saturated rings. The van der Waals surface area contributed by atoms with Crippen LogP contribution >= 0.6 is 0 Å². The first-order valence-corrected chi connectivity index (χ1v) is 7.81. The lowest BCUT2D eigenvalue weighted by Gasteiger charge is -2.37. The molecular formula is C15H25FN2O. The molecule has 0 aliphatic heterocycles. The average molecular weight is 268 g/mol. The summed E-state index contributed by atoms with van der Waals surface area (Å²) in [4.78, 5) is 12.2. The number of hydrogen-bond donors (Lipinski definition) is 2. The van der Waals surface area contributed by atoms with Gasteiger partial charge in [-0.2, -0.15) is 0 Å². The highest BCUT2D eigenvalue weighted by molar-refractivity contribution is 5.79. The second kappa shape index (κ2) is 5.39. The van der Waals surface area contributed by atoms with Gasteiger partial charge in [-0.3, -0.25) is 4.79 Å². The maximum absolute atomic E-state index is 13.0. The van der Waals surface area contributed by atoms with E-state index in [0.29, 0.717) is 36.6 Å². The Bertz CT molecular complexity index is 341. The van der Waals surface area contributed by atoms with Gasteiger partial charge in [0.2, 0.25) is 5.91 Å². The Morgan fingerprint density at radius 2 is 1.89 bits per heavy atom. The molecule has 3 nitrogen and oxygen atoms in total. The first-order chi connectivity index (χ1) is 9.13. The molecule has 3 aliphatic rings. The Morgan fingerprint density at radius 3 is 2.53 bits per heavy atom. The van der Waals surface area contributed by atoms with Crippen LogP contribution in [0.25, 0.3) is 0 Å². The highest BCUT2D eigenvalue weighted by Gasteiger charge is 2.47. The monoisotopic (exact) mass is 268 g/mol. The molecule has 3 N–H and O–H groups in total. The molecule has 0 radical (unpaired) electrons. The minimum atomic E-state index is -0.612. The fraction of sp³-hybridized carbons (Fsp3) is 0.933. The standard InChI is InChI=1S/C15H25FN2O/c16-12-3-1-9(2-4-12)8-18-15(19)11-5-10-7-14(17)13(10)6-11/h9-14H,1-8,17H2,(H,18,19). The molecule has 3 saturated carbocycles. The van der Waals surface area contributed by atoms with E-state index in [9.17, 15) is 9.18 Å². The maximum atomic E-state index is 13.0. The largest absolute Gasteiger partial charge is 0.356 e. The minimum absolute atomic E-state index is 0.182. The van der Waals surface area contributed by atoms with Crippen molar-refractivity contribution < 1.29 is 9.18 Å². The lowest BCUT2D eigenvalue weighted by atomic mass is 9.72. The van der Waals surface area contributed by atoms with Crippen molar-refractivity contribution in [2.45, 2.75) is 57.2 Å². The molecule has 0 aromatic rings.